The van der Waals surface area contributed by atoms with Gasteiger partial charge in [0.2, 0.25) is 0 Å². The van der Waals surface area contributed by atoms with Crippen LogP contribution in [0.2, 0.25) is 0 Å². The second-order valence-electron chi connectivity index (χ2n) is 6.57. The molecule has 1 heterocycles. The fourth-order valence-corrected chi connectivity index (χ4v) is 2.81. The van der Waals surface area contributed by atoms with Gasteiger partial charge in [-0.2, -0.15) is 0 Å². The lowest BCUT2D eigenvalue weighted by Crippen LogP contribution is -2.51. The Labute approximate surface area is 153 Å². The average Bonchev–Trinajstić information content (AvgIpc) is 2.74. The van der Waals surface area contributed by atoms with Crippen molar-refractivity contribution in [1.29, 1.82) is 0 Å². The van der Waals surface area contributed by atoms with Crippen LogP contribution in [-0.4, -0.2) is 69.3 Å². The van der Waals surface area contributed by atoms with E-state index in [1.165, 1.54) is 0 Å². The summed E-state index contributed by atoms with van der Waals surface area (Å²) in [5.74, 6) is 0. The molecule has 6 nitrogen and oxygen atoms in total. The highest BCUT2D eigenvalue weighted by atomic mass is 16.7. The van der Waals surface area contributed by atoms with E-state index in [0.29, 0.717) is 19.8 Å². The van der Waals surface area contributed by atoms with Crippen LogP contribution in [0.3, 0.4) is 0 Å². The summed E-state index contributed by atoms with van der Waals surface area (Å²) in [6.45, 7) is 8.30. The molecule has 0 aromatic carbocycles. The van der Waals surface area contributed by atoms with Crippen molar-refractivity contribution in [3.8, 4) is 0 Å². The van der Waals surface area contributed by atoms with Gasteiger partial charge in [-0.25, -0.2) is 0 Å². The normalized spacial score (nSPS) is 30.4. The van der Waals surface area contributed by atoms with Crippen molar-refractivity contribution in [2.75, 3.05) is 33.5 Å². The molecule has 1 rings (SSSR count). The van der Waals surface area contributed by atoms with Crippen molar-refractivity contribution in [1.82, 2.24) is 0 Å². The Morgan fingerprint density at radius 1 is 0.800 bits per heavy atom. The smallest absolute Gasteiger partial charge is 0.186 e. The number of hydrogen-bond acceptors (Lipinski definition) is 6. The summed E-state index contributed by atoms with van der Waals surface area (Å²) in [6, 6.07) is 0. The maximum absolute atomic E-state index is 10.5. The molecule has 1 N–H and O–H groups in total. The minimum Gasteiger partial charge on any atom is -0.388 e. The number of ether oxygens (including phenoxy) is 5. The number of methoxy groups -OCH3 is 1. The molecule has 1 aliphatic heterocycles. The van der Waals surface area contributed by atoms with Gasteiger partial charge in [0.05, 0.1) is 6.61 Å². The number of aliphatic hydroxyl groups excluding tert-OH is 1. The van der Waals surface area contributed by atoms with Crippen LogP contribution < -0.4 is 0 Å². The molecule has 0 spiro atoms. The first-order chi connectivity index (χ1) is 12.2. The molecule has 0 amide bonds. The zero-order valence-electron chi connectivity index (χ0n) is 16.4. The Kier molecular flexibility index (Phi) is 12.7. The first-order valence-corrected chi connectivity index (χ1v) is 9.86. The van der Waals surface area contributed by atoms with Crippen LogP contribution in [0.15, 0.2) is 0 Å². The second-order valence-corrected chi connectivity index (χ2v) is 6.57. The van der Waals surface area contributed by atoms with Gasteiger partial charge in [0.1, 0.15) is 24.4 Å². The van der Waals surface area contributed by atoms with Crippen LogP contribution in [0.1, 0.15) is 59.3 Å². The van der Waals surface area contributed by atoms with Gasteiger partial charge in [0.15, 0.2) is 6.29 Å². The van der Waals surface area contributed by atoms with Crippen LogP contribution in [-0.2, 0) is 23.7 Å². The maximum Gasteiger partial charge on any atom is 0.186 e. The van der Waals surface area contributed by atoms with Crippen LogP contribution in [0, 0.1) is 0 Å². The molecule has 0 aliphatic carbocycles. The van der Waals surface area contributed by atoms with Gasteiger partial charge in [0.25, 0.3) is 0 Å². The van der Waals surface area contributed by atoms with E-state index in [9.17, 15) is 5.11 Å². The van der Waals surface area contributed by atoms with Gasteiger partial charge in [-0.15, -0.1) is 0 Å². The molecule has 6 heteroatoms. The van der Waals surface area contributed by atoms with E-state index in [2.05, 4.69) is 20.8 Å². The number of unbranched alkanes of at least 4 members (excludes halogenated alkanes) is 3. The molecule has 0 saturated carbocycles. The fourth-order valence-electron chi connectivity index (χ4n) is 2.81. The molecule has 25 heavy (non-hydrogen) atoms. The summed E-state index contributed by atoms with van der Waals surface area (Å²) < 4.78 is 29.4. The average molecular weight is 363 g/mol. The summed E-state index contributed by atoms with van der Waals surface area (Å²) in [5, 5.41) is 10.5. The Morgan fingerprint density at radius 3 is 1.76 bits per heavy atom. The highest BCUT2D eigenvalue weighted by molar-refractivity contribution is 4.90. The van der Waals surface area contributed by atoms with Crippen LogP contribution in [0.25, 0.3) is 0 Å². The zero-order valence-corrected chi connectivity index (χ0v) is 16.4. The lowest BCUT2D eigenvalue weighted by molar-refractivity contribution is -0.223. The van der Waals surface area contributed by atoms with Gasteiger partial charge in [-0.05, 0) is 19.3 Å². The minimum atomic E-state index is -0.763. The standard InChI is InChI=1S/C19H38O6/c1-5-8-11-22-16-15(20)14-25-19(21-4)18(24-13-10-7-3)17(16)23-12-9-6-2/h15-20H,5-14H2,1-4H3/t15-,16-,17?,18?,19+/m1/s1. The van der Waals surface area contributed by atoms with Crippen LogP contribution in [0.4, 0.5) is 0 Å². The molecule has 1 aliphatic rings. The van der Waals surface area contributed by atoms with E-state index in [1.54, 1.807) is 7.11 Å². The summed E-state index contributed by atoms with van der Waals surface area (Å²) in [7, 11) is 1.59. The van der Waals surface area contributed by atoms with Gasteiger partial charge < -0.3 is 28.8 Å². The lowest BCUT2D eigenvalue weighted by atomic mass is 10.0. The van der Waals surface area contributed by atoms with Crippen LogP contribution in [0.5, 0.6) is 0 Å². The summed E-state index contributed by atoms with van der Waals surface area (Å²) >= 11 is 0. The molecular weight excluding hydrogens is 324 g/mol. The highest BCUT2D eigenvalue weighted by Crippen LogP contribution is 2.25. The molecule has 0 aromatic heterocycles. The minimum absolute atomic E-state index is 0.149. The van der Waals surface area contributed by atoms with Crippen molar-refractivity contribution < 1.29 is 28.8 Å². The lowest BCUT2D eigenvalue weighted by Gasteiger charge is -2.34. The van der Waals surface area contributed by atoms with Crippen molar-refractivity contribution in [2.24, 2.45) is 0 Å². The Morgan fingerprint density at radius 2 is 1.28 bits per heavy atom. The van der Waals surface area contributed by atoms with Gasteiger partial charge in [-0.3, -0.25) is 0 Å². The largest absolute Gasteiger partial charge is 0.388 e. The third kappa shape index (κ3) is 7.89. The Balaban J connectivity index is 2.90. The number of rotatable bonds is 13. The molecule has 0 aromatic rings. The van der Waals surface area contributed by atoms with Gasteiger partial charge >= 0.3 is 0 Å². The molecule has 2 unspecified atom stereocenters. The highest BCUT2D eigenvalue weighted by Gasteiger charge is 2.44. The van der Waals surface area contributed by atoms with Crippen LogP contribution >= 0.6 is 0 Å². The first-order valence-electron chi connectivity index (χ1n) is 9.86. The summed E-state index contributed by atoms with van der Waals surface area (Å²) in [4.78, 5) is 0. The molecule has 150 valence electrons. The number of aliphatic hydroxyl groups is 1. The molecule has 0 radical (unpaired) electrons. The van der Waals surface area contributed by atoms with Crippen molar-refractivity contribution in [2.45, 2.75) is 90.0 Å². The second kappa shape index (κ2) is 13.9. The Hall–Kier alpha value is -0.240. The predicted octanol–water partition coefficient (Wildman–Crippen LogP) is 2.91. The molecule has 0 bridgehead atoms. The number of hydrogen-bond donors (Lipinski definition) is 1. The van der Waals surface area contributed by atoms with Crippen molar-refractivity contribution in [3.63, 3.8) is 0 Å². The molecular formula is C19H38O6. The topological polar surface area (TPSA) is 66.4 Å². The SMILES string of the molecule is CCCCOC1C(OCCCC)[C@H](OCCCC)[C@H](O)CO[C@@H]1OC. The fraction of sp³-hybridized carbons (Fsp3) is 1.00. The van der Waals surface area contributed by atoms with Crippen molar-refractivity contribution >= 4 is 0 Å². The van der Waals surface area contributed by atoms with E-state index in [1.807, 2.05) is 0 Å². The molecule has 1 fully saturated rings. The first kappa shape index (κ1) is 22.8. The molecule has 5 atom stereocenters. The molecule has 1 saturated heterocycles. The third-order valence-electron chi connectivity index (χ3n) is 4.38. The van der Waals surface area contributed by atoms with Gasteiger partial charge in [-0.1, -0.05) is 40.0 Å². The van der Waals surface area contributed by atoms with E-state index < -0.39 is 30.7 Å². The maximum atomic E-state index is 10.5. The summed E-state index contributed by atoms with van der Waals surface area (Å²) in [6.07, 6.45) is 3.34. The summed E-state index contributed by atoms with van der Waals surface area (Å²) in [5.41, 5.74) is 0. The third-order valence-corrected chi connectivity index (χ3v) is 4.38. The Bertz CT molecular complexity index is 314. The predicted molar refractivity (Wildman–Crippen MR) is 96.7 cm³/mol. The zero-order chi connectivity index (χ0) is 18.5. The monoisotopic (exact) mass is 362 g/mol. The van der Waals surface area contributed by atoms with E-state index in [4.69, 9.17) is 23.7 Å². The van der Waals surface area contributed by atoms with E-state index in [0.717, 1.165) is 38.5 Å². The quantitative estimate of drug-likeness (QED) is 0.508. The van der Waals surface area contributed by atoms with Gasteiger partial charge in [0, 0.05) is 26.9 Å². The van der Waals surface area contributed by atoms with Crippen molar-refractivity contribution in [3.05, 3.63) is 0 Å². The van der Waals surface area contributed by atoms with E-state index >= 15 is 0 Å². The van der Waals surface area contributed by atoms with E-state index in [-0.39, 0.29) is 6.61 Å².